The summed E-state index contributed by atoms with van der Waals surface area (Å²) >= 11 is 6.18. The Labute approximate surface area is 143 Å². The summed E-state index contributed by atoms with van der Waals surface area (Å²) in [7, 11) is 0. The van der Waals surface area contributed by atoms with Crippen LogP contribution in [0.3, 0.4) is 0 Å². The summed E-state index contributed by atoms with van der Waals surface area (Å²) in [5, 5.41) is 3.45. The first-order chi connectivity index (χ1) is 10.1. The first kappa shape index (κ1) is 19.1. The molecule has 0 aliphatic heterocycles. The molecule has 1 amide bonds. The van der Waals surface area contributed by atoms with E-state index in [-0.39, 0.29) is 18.3 Å². The van der Waals surface area contributed by atoms with Gasteiger partial charge in [-0.1, -0.05) is 31.4 Å². The van der Waals surface area contributed by atoms with Crippen LogP contribution in [0.15, 0.2) is 18.2 Å². The topological polar surface area (TPSA) is 64.3 Å². The summed E-state index contributed by atoms with van der Waals surface area (Å²) in [6.07, 6.45) is 4.78. The van der Waals surface area contributed by atoms with E-state index in [4.69, 9.17) is 22.1 Å². The van der Waals surface area contributed by atoms with Gasteiger partial charge in [0.05, 0.1) is 17.0 Å². The van der Waals surface area contributed by atoms with Crippen molar-refractivity contribution in [2.75, 3.05) is 18.5 Å². The maximum Gasteiger partial charge on any atom is 0.231 e. The molecule has 0 bridgehead atoms. The van der Waals surface area contributed by atoms with Crippen LogP contribution in [0.1, 0.15) is 39.0 Å². The molecule has 1 aromatic carbocycles. The second kappa shape index (κ2) is 8.61. The number of nitrogens with two attached hydrogens (primary N) is 1. The van der Waals surface area contributed by atoms with E-state index in [1.807, 2.05) is 13.0 Å². The van der Waals surface area contributed by atoms with Crippen LogP contribution in [-0.4, -0.2) is 19.1 Å². The minimum Gasteiger partial charge on any atom is -0.492 e. The first-order valence-electron chi connectivity index (χ1n) is 7.55. The molecule has 0 spiro atoms. The standard InChI is InChI=1S/C16H23ClN2O2.ClH/c1-2-9-21-14-6-5-12(10-13(14)17)19-15(20)16(11-18)7-3-4-8-16;/h5-6,10H,2-4,7-9,11,18H2,1H3,(H,19,20);1H. The van der Waals surface area contributed by atoms with Crippen LogP contribution >= 0.6 is 24.0 Å². The molecule has 0 heterocycles. The zero-order valence-electron chi connectivity index (χ0n) is 12.9. The van der Waals surface area contributed by atoms with Crippen LogP contribution in [0, 0.1) is 5.41 Å². The monoisotopic (exact) mass is 346 g/mol. The summed E-state index contributed by atoms with van der Waals surface area (Å²) in [6.45, 7) is 3.06. The predicted octanol–water partition coefficient (Wildman–Crippen LogP) is 4.01. The number of hydrogen-bond acceptors (Lipinski definition) is 3. The van der Waals surface area contributed by atoms with Crippen molar-refractivity contribution in [1.82, 2.24) is 0 Å². The lowest BCUT2D eigenvalue weighted by atomic mass is 9.85. The highest BCUT2D eigenvalue weighted by molar-refractivity contribution is 6.32. The van der Waals surface area contributed by atoms with Crippen molar-refractivity contribution in [2.24, 2.45) is 11.1 Å². The Balaban J connectivity index is 0.00000242. The average molecular weight is 347 g/mol. The van der Waals surface area contributed by atoms with E-state index < -0.39 is 5.41 Å². The van der Waals surface area contributed by atoms with Crippen LogP contribution in [0.4, 0.5) is 5.69 Å². The SMILES string of the molecule is CCCOc1ccc(NC(=O)C2(CN)CCCC2)cc1Cl.Cl. The Kier molecular flexibility index (Phi) is 7.46. The third kappa shape index (κ3) is 4.28. The minimum atomic E-state index is -0.413. The van der Waals surface area contributed by atoms with Crippen molar-refractivity contribution in [3.8, 4) is 5.75 Å². The van der Waals surface area contributed by atoms with Gasteiger partial charge in [0.2, 0.25) is 5.91 Å². The van der Waals surface area contributed by atoms with E-state index in [0.29, 0.717) is 29.6 Å². The molecule has 1 aliphatic rings. The molecule has 6 heteroatoms. The van der Waals surface area contributed by atoms with Crippen LogP contribution in [-0.2, 0) is 4.79 Å². The van der Waals surface area contributed by atoms with Gasteiger partial charge >= 0.3 is 0 Å². The predicted molar refractivity (Wildman–Crippen MR) is 93.1 cm³/mol. The van der Waals surface area contributed by atoms with Crippen LogP contribution in [0.2, 0.25) is 5.02 Å². The Morgan fingerprint density at radius 3 is 2.64 bits per heavy atom. The number of benzene rings is 1. The van der Waals surface area contributed by atoms with Gasteiger partial charge in [-0.2, -0.15) is 0 Å². The fourth-order valence-electron chi connectivity index (χ4n) is 2.75. The molecular weight excluding hydrogens is 323 g/mol. The molecule has 22 heavy (non-hydrogen) atoms. The average Bonchev–Trinajstić information content (AvgIpc) is 2.96. The molecule has 1 fully saturated rings. The summed E-state index contributed by atoms with van der Waals surface area (Å²) in [5.41, 5.74) is 6.10. The lowest BCUT2D eigenvalue weighted by Crippen LogP contribution is -2.40. The number of ether oxygens (including phenoxy) is 1. The number of halogens is 2. The minimum absolute atomic E-state index is 0. The largest absolute Gasteiger partial charge is 0.492 e. The van der Waals surface area contributed by atoms with Crippen LogP contribution in [0.5, 0.6) is 5.75 Å². The van der Waals surface area contributed by atoms with Crippen molar-refractivity contribution >= 4 is 35.6 Å². The smallest absolute Gasteiger partial charge is 0.231 e. The van der Waals surface area contributed by atoms with E-state index in [2.05, 4.69) is 5.32 Å². The van der Waals surface area contributed by atoms with Gasteiger partial charge in [0.15, 0.2) is 0 Å². The van der Waals surface area contributed by atoms with Gasteiger partial charge in [0.1, 0.15) is 5.75 Å². The third-order valence-electron chi connectivity index (χ3n) is 4.08. The fourth-order valence-corrected chi connectivity index (χ4v) is 2.98. The van der Waals surface area contributed by atoms with E-state index in [1.165, 1.54) is 0 Å². The van der Waals surface area contributed by atoms with Crippen molar-refractivity contribution < 1.29 is 9.53 Å². The first-order valence-corrected chi connectivity index (χ1v) is 7.93. The molecule has 1 saturated carbocycles. The fraction of sp³-hybridized carbons (Fsp3) is 0.562. The molecule has 4 nitrogen and oxygen atoms in total. The summed E-state index contributed by atoms with van der Waals surface area (Å²) in [5.74, 6) is 0.645. The molecule has 0 radical (unpaired) electrons. The Morgan fingerprint density at radius 1 is 1.41 bits per heavy atom. The van der Waals surface area contributed by atoms with E-state index >= 15 is 0 Å². The number of anilines is 1. The normalized spacial score (nSPS) is 16.0. The van der Waals surface area contributed by atoms with Crippen LogP contribution < -0.4 is 15.8 Å². The van der Waals surface area contributed by atoms with Crippen molar-refractivity contribution in [3.63, 3.8) is 0 Å². The van der Waals surface area contributed by atoms with Gasteiger partial charge in [-0.05, 0) is 37.5 Å². The molecule has 0 atom stereocenters. The number of hydrogen-bond donors (Lipinski definition) is 2. The van der Waals surface area contributed by atoms with E-state index in [0.717, 1.165) is 32.1 Å². The van der Waals surface area contributed by atoms with Gasteiger partial charge in [0, 0.05) is 12.2 Å². The molecule has 1 aliphatic carbocycles. The molecule has 0 aromatic heterocycles. The number of carbonyl (C=O) groups is 1. The molecule has 1 aromatic rings. The quantitative estimate of drug-likeness (QED) is 0.817. The zero-order chi connectivity index (χ0) is 15.3. The number of nitrogens with one attached hydrogen (secondary N) is 1. The molecular formula is C16H24Cl2N2O2. The maximum atomic E-state index is 12.5. The van der Waals surface area contributed by atoms with Gasteiger partial charge < -0.3 is 15.8 Å². The lowest BCUT2D eigenvalue weighted by molar-refractivity contribution is -0.124. The maximum absolute atomic E-state index is 12.5. The molecule has 0 saturated heterocycles. The number of carbonyl (C=O) groups excluding carboxylic acids is 1. The number of amides is 1. The summed E-state index contributed by atoms with van der Waals surface area (Å²) in [6, 6.07) is 5.33. The second-order valence-electron chi connectivity index (χ2n) is 5.64. The summed E-state index contributed by atoms with van der Waals surface area (Å²) in [4.78, 5) is 12.5. The molecule has 0 unspecified atom stereocenters. The highest BCUT2D eigenvalue weighted by Gasteiger charge is 2.39. The highest BCUT2D eigenvalue weighted by atomic mass is 35.5. The zero-order valence-corrected chi connectivity index (χ0v) is 14.4. The van der Waals surface area contributed by atoms with Gasteiger partial charge in [-0.25, -0.2) is 0 Å². The Hall–Kier alpha value is -0.970. The van der Waals surface area contributed by atoms with Gasteiger partial charge in [0.25, 0.3) is 0 Å². The van der Waals surface area contributed by atoms with Gasteiger partial charge in [-0.15, -0.1) is 12.4 Å². The molecule has 124 valence electrons. The summed E-state index contributed by atoms with van der Waals surface area (Å²) < 4.78 is 5.52. The Bertz CT molecular complexity index is 503. The lowest BCUT2D eigenvalue weighted by Gasteiger charge is -2.25. The van der Waals surface area contributed by atoms with Crippen LogP contribution in [0.25, 0.3) is 0 Å². The third-order valence-corrected chi connectivity index (χ3v) is 4.38. The van der Waals surface area contributed by atoms with E-state index in [9.17, 15) is 4.79 Å². The van der Waals surface area contributed by atoms with Crippen molar-refractivity contribution in [2.45, 2.75) is 39.0 Å². The van der Waals surface area contributed by atoms with E-state index in [1.54, 1.807) is 12.1 Å². The van der Waals surface area contributed by atoms with Crippen molar-refractivity contribution in [3.05, 3.63) is 23.2 Å². The van der Waals surface area contributed by atoms with Gasteiger partial charge in [-0.3, -0.25) is 4.79 Å². The highest BCUT2D eigenvalue weighted by Crippen LogP contribution is 2.38. The second-order valence-corrected chi connectivity index (χ2v) is 6.05. The van der Waals surface area contributed by atoms with Crippen molar-refractivity contribution in [1.29, 1.82) is 0 Å². The Morgan fingerprint density at radius 2 is 2.09 bits per heavy atom. The molecule has 2 rings (SSSR count). The number of rotatable bonds is 6. The molecule has 3 N–H and O–H groups in total.